The van der Waals surface area contributed by atoms with E-state index in [-0.39, 0.29) is 17.9 Å². The van der Waals surface area contributed by atoms with Gasteiger partial charge < -0.3 is 10.4 Å². The Hall–Kier alpha value is -2.50. The molecular weight excluding hydrogens is 458 g/mol. The molecule has 1 aromatic heterocycles. The quantitative estimate of drug-likeness (QED) is 0.407. The second-order valence-electron chi connectivity index (χ2n) is 8.92. The van der Waals surface area contributed by atoms with E-state index in [1.54, 1.807) is 31.2 Å². The largest absolute Gasteiger partial charge is 0.480 e. The fourth-order valence-electron chi connectivity index (χ4n) is 4.24. The molecule has 1 saturated heterocycles. The second kappa shape index (κ2) is 11.8. The summed E-state index contributed by atoms with van der Waals surface area (Å²) in [7, 11) is -3.67. The highest BCUT2D eigenvalue weighted by Crippen LogP contribution is 2.17. The topological polar surface area (TPSA) is 135 Å². The minimum atomic E-state index is -3.67. The van der Waals surface area contributed by atoms with Crippen molar-refractivity contribution in [3.63, 3.8) is 0 Å². The summed E-state index contributed by atoms with van der Waals surface area (Å²) in [6.07, 6.45) is 4.32. The molecule has 0 amide bonds. The number of hydrogen-bond acceptors (Lipinski definition) is 6. The fraction of sp³-hybridized carbons (Fsp3) is 0.609. The summed E-state index contributed by atoms with van der Waals surface area (Å²) in [5.74, 6) is -0.156. The van der Waals surface area contributed by atoms with Crippen molar-refractivity contribution < 1.29 is 18.3 Å². The van der Waals surface area contributed by atoms with Crippen molar-refractivity contribution in [3.05, 3.63) is 46.1 Å². The van der Waals surface area contributed by atoms with E-state index in [4.69, 9.17) is 0 Å². The predicted octanol–water partition coefficient (Wildman–Crippen LogP) is 1.45. The van der Waals surface area contributed by atoms with Gasteiger partial charge in [-0.3, -0.25) is 4.79 Å². The zero-order valence-electron chi connectivity index (χ0n) is 19.9. The summed E-state index contributed by atoms with van der Waals surface area (Å²) in [6.45, 7) is 6.26. The molecule has 3 N–H and O–H groups in total. The molecule has 0 saturated carbocycles. The molecule has 1 atom stereocenters. The van der Waals surface area contributed by atoms with Crippen molar-refractivity contribution in [1.29, 1.82) is 0 Å². The average Bonchev–Trinajstić information content (AvgIpc) is 3.10. The van der Waals surface area contributed by atoms with Crippen LogP contribution in [0.3, 0.4) is 0 Å². The first-order valence-electron chi connectivity index (χ1n) is 11.9. The van der Waals surface area contributed by atoms with Crippen molar-refractivity contribution in [2.24, 2.45) is 5.92 Å². The van der Waals surface area contributed by atoms with Crippen molar-refractivity contribution in [2.75, 3.05) is 18.8 Å². The van der Waals surface area contributed by atoms with E-state index in [9.17, 15) is 23.1 Å². The molecule has 1 aliphatic heterocycles. The third-order valence-electron chi connectivity index (χ3n) is 6.23. The first-order valence-corrected chi connectivity index (χ1v) is 13.5. The lowest BCUT2D eigenvalue weighted by atomic mass is 9.95. The Labute approximate surface area is 200 Å². The summed E-state index contributed by atoms with van der Waals surface area (Å²) >= 11 is 0. The molecule has 34 heavy (non-hydrogen) atoms. The summed E-state index contributed by atoms with van der Waals surface area (Å²) in [5, 5.41) is 17.3. The Bertz CT molecular complexity index is 1120. The Morgan fingerprint density at radius 1 is 1.26 bits per heavy atom. The number of aryl methyl sites for hydroxylation is 2. The van der Waals surface area contributed by atoms with Crippen LogP contribution < -0.4 is 15.7 Å². The van der Waals surface area contributed by atoms with E-state index in [2.05, 4.69) is 15.1 Å². The number of carboxylic acids is 1. The standard InChI is InChI=1S/C23H35N5O5S/c1-3-4-15-34(32,33)26-21(22(29)30)16-19-5-7-20(8-6-19)28-17(2)25-27(23(28)31)14-11-18-9-12-24-13-10-18/h5-8,18,21,24,26H,3-4,9-16H2,1-2H3,(H,29,30). The lowest BCUT2D eigenvalue weighted by Gasteiger charge is -2.22. The van der Waals surface area contributed by atoms with Gasteiger partial charge in [-0.25, -0.2) is 27.2 Å². The molecule has 10 nitrogen and oxygen atoms in total. The highest BCUT2D eigenvalue weighted by molar-refractivity contribution is 7.89. The fourth-order valence-corrected chi connectivity index (χ4v) is 5.64. The summed E-state index contributed by atoms with van der Waals surface area (Å²) in [5.41, 5.74) is 1.08. The van der Waals surface area contributed by atoms with Crippen LogP contribution in [0, 0.1) is 12.8 Å². The van der Waals surface area contributed by atoms with Crippen LogP contribution >= 0.6 is 0 Å². The Morgan fingerprint density at radius 3 is 2.56 bits per heavy atom. The monoisotopic (exact) mass is 493 g/mol. The molecule has 0 aliphatic carbocycles. The molecule has 0 bridgehead atoms. The highest BCUT2D eigenvalue weighted by atomic mass is 32.2. The number of nitrogens with one attached hydrogen (secondary N) is 2. The lowest BCUT2D eigenvalue weighted by molar-refractivity contribution is -0.138. The number of piperidine rings is 1. The molecule has 2 aromatic rings. The molecule has 0 radical (unpaired) electrons. The van der Waals surface area contributed by atoms with Crippen LogP contribution in [0.25, 0.3) is 5.69 Å². The first kappa shape index (κ1) is 26.1. The Balaban J connectivity index is 1.69. The average molecular weight is 494 g/mol. The number of carboxylic acid groups (broad SMARTS) is 1. The van der Waals surface area contributed by atoms with Gasteiger partial charge >= 0.3 is 11.7 Å². The van der Waals surface area contributed by atoms with E-state index in [1.807, 2.05) is 6.92 Å². The normalized spacial score (nSPS) is 15.9. The van der Waals surface area contributed by atoms with Crippen LogP contribution in [0.5, 0.6) is 0 Å². The van der Waals surface area contributed by atoms with Crippen LogP contribution in [0.1, 0.15) is 50.4 Å². The van der Waals surface area contributed by atoms with Crippen molar-refractivity contribution >= 4 is 16.0 Å². The van der Waals surface area contributed by atoms with Gasteiger partial charge in [0.1, 0.15) is 11.9 Å². The number of carbonyl (C=O) groups is 1. The molecule has 3 rings (SSSR count). The van der Waals surface area contributed by atoms with Gasteiger partial charge in [0.2, 0.25) is 10.0 Å². The van der Waals surface area contributed by atoms with Gasteiger partial charge in [0.25, 0.3) is 0 Å². The van der Waals surface area contributed by atoms with Crippen LogP contribution in [0.15, 0.2) is 29.1 Å². The van der Waals surface area contributed by atoms with Crippen molar-refractivity contribution in [3.8, 4) is 5.69 Å². The molecular formula is C23H35N5O5S. The van der Waals surface area contributed by atoms with E-state index in [0.29, 0.717) is 42.4 Å². The number of nitrogens with zero attached hydrogens (tertiary/aromatic N) is 3. The molecule has 1 fully saturated rings. The maximum Gasteiger partial charge on any atom is 0.350 e. The minimum Gasteiger partial charge on any atom is -0.480 e. The highest BCUT2D eigenvalue weighted by Gasteiger charge is 2.24. The van der Waals surface area contributed by atoms with Crippen LogP contribution in [0.4, 0.5) is 0 Å². The van der Waals surface area contributed by atoms with E-state index >= 15 is 0 Å². The van der Waals surface area contributed by atoms with Gasteiger partial charge in [0, 0.05) is 6.54 Å². The molecule has 11 heteroatoms. The number of aliphatic carboxylic acids is 1. The Morgan fingerprint density at radius 2 is 1.94 bits per heavy atom. The van der Waals surface area contributed by atoms with Crippen molar-refractivity contribution in [2.45, 2.75) is 65.0 Å². The van der Waals surface area contributed by atoms with E-state index in [0.717, 1.165) is 32.4 Å². The number of hydrogen-bond donors (Lipinski definition) is 3. The molecule has 1 aliphatic rings. The third-order valence-corrected chi connectivity index (χ3v) is 7.70. The van der Waals surface area contributed by atoms with Gasteiger partial charge in [-0.1, -0.05) is 25.5 Å². The molecule has 1 unspecified atom stereocenters. The second-order valence-corrected chi connectivity index (χ2v) is 10.8. The summed E-state index contributed by atoms with van der Waals surface area (Å²) in [6, 6.07) is 5.63. The molecule has 2 heterocycles. The maximum atomic E-state index is 13.0. The lowest BCUT2D eigenvalue weighted by Crippen LogP contribution is -2.43. The van der Waals surface area contributed by atoms with Gasteiger partial charge in [0.05, 0.1) is 11.4 Å². The molecule has 0 spiro atoms. The zero-order chi connectivity index (χ0) is 24.7. The third kappa shape index (κ3) is 7.00. The summed E-state index contributed by atoms with van der Waals surface area (Å²) in [4.78, 5) is 24.6. The van der Waals surface area contributed by atoms with Gasteiger partial charge in [-0.2, -0.15) is 5.10 Å². The van der Waals surface area contributed by atoms with Gasteiger partial charge in [-0.15, -0.1) is 0 Å². The SMILES string of the molecule is CCCCS(=O)(=O)NC(Cc1ccc(-n2c(C)nn(CCC3CCNCC3)c2=O)cc1)C(=O)O. The van der Waals surface area contributed by atoms with Crippen LogP contribution in [-0.2, 0) is 27.8 Å². The zero-order valence-corrected chi connectivity index (χ0v) is 20.7. The number of sulfonamides is 1. The smallest absolute Gasteiger partial charge is 0.350 e. The number of unbranched alkanes of at least 4 members (excludes halogenated alkanes) is 1. The Kier molecular flexibility index (Phi) is 9.03. The van der Waals surface area contributed by atoms with Crippen LogP contribution in [0.2, 0.25) is 0 Å². The maximum absolute atomic E-state index is 13.0. The van der Waals surface area contributed by atoms with E-state index in [1.165, 1.54) is 9.25 Å². The van der Waals surface area contributed by atoms with E-state index < -0.39 is 22.0 Å². The predicted molar refractivity (Wildman–Crippen MR) is 130 cm³/mol. The summed E-state index contributed by atoms with van der Waals surface area (Å²) < 4.78 is 29.6. The molecule has 1 aromatic carbocycles. The van der Waals surface area contributed by atoms with Crippen molar-refractivity contribution in [1.82, 2.24) is 24.4 Å². The van der Waals surface area contributed by atoms with Crippen LogP contribution in [-0.4, -0.2) is 58.7 Å². The first-order chi connectivity index (χ1) is 16.2. The van der Waals surface area contributed by atoms with Gasteiger partial charge in [-0.05, 0) is 75.7 Å². The molecule has 188 valence electrons. The minimum absolute atomic E-state index is 0.00432. The number of rotatable bonds is 12. The number of benzene rings is 1. The van der Waals surface area contributed by atoms with Gasteiger partial charge in [0.15, 0.2) is 0 Å². The number of aromatic nitrogens is 3.